The molecular weight excluding hydrogens is 460 g/mol. The van der Waals surface area contributed by atoms with Crippen LogP contribution in [0.3, 0.4) is 0 Å². The highest BCUT2D eigenvalue weighted by molar-refractivity contribution is 5.67. The molecule has 188 valence electrons. The van der Waals surface area contributed by atoms with Crippen molar-refractivity contribution in [3.8, 4) is 0 Å². The van der Waals surface area contributed by atoms with Crippen LogP contribution < -0.4 is 0 Å². The van der Waals surface area contributed by atoms with E-state index in [2.05, 4.69) is 0 Å². The molecule has 0 amide bonds. The molecule has 0 bridgehead atoms. The van der Waals surface area contributed by atoms with Crippen LogP contribution in [0.4, 0.5) is 0 Å². The number of hydrogen-bond donors (Lipinski definition) is 0. The van der Waals surface area contributed by atoms with E-state index in [1.54, 1.807) is 0 Å². The molecule has 1 heterocycles. The average molecular weight is 491 g/mol. The SMILES string of the molecule is CO[C@H]1O[C@@H](COC(c2ccccc2)(c2ccccc2)c2ccccc2)[C@H](OC(C)=O)[C@H]1OC(C)=O. The van der Waals surface area contributed by atoms with Crippen molar-refractivity contribution in [2.75, 3.05) is 13.7 Å². The van der Waals surface area contributed by atoms with E-state index in [1.807, 2.05) is 91.0 Å². The van der Waals surface area contributed by atoms with Crippen molar-refractivity contribution in [2.45, 2.75) is 44.1 Å². The molecule has 3 aromatic carbocycles. The molecule has 0 N–H and O–H groups in total. The Morgan fingerprint density at radius 1 is 0.722 bits per heavy atom. The quantitative estimate of drug-likeness (QED) is 0.328. The smallest absolute Gasteiger partial charge is 0.303 e. The number of ether oxygens (including phenoxy) is 5. The largest absolute Gasteiger partial charge is 0.455 e. The maximum Gasteiger partial charge on any atom is 0.303 e. The molecule has 4 atom stereocenters. The number of rotatable bonds is 9. The van der Waals surface area contributed by atoms with Crippen molar-refractivity contribution in [1.29, 1.82) is 0 Å². The minimum atomic E-state index is -0.990. The van der Waals surface area contributed by atoms with Crippen molar-refractivity contribution < 1.29 is 33.3 Å². The summed E-state index contributed by atoms with van der Waals surface area (Å²) in [7, 11) is 1.44. The topological polar surface area (TPSA) is 80.3 Å². The predicted molar refractivity (Wildman–Crippen MR) is 132 cm³/mol. The first-order valence-electron chi connectivity index (χ1n) is 11.8. The first-order valence-corrected chi connectivity index (χ1v) is 11.8. The van der Waals surface area contributed by atoms with Gasteiger partial charge in [0.1, 0.15) is 11.7 Å². The summed E-state index contributed by atoms with van der Waals surface area (Å²) < 4.78 is 29.2. The van der Waals surface area contributed by atoms with E-state index in [0.29, 0.717) is 0 Å². The van der Waals surface area contributed by atoms with Gasteiger partial charge in [0.05, 0.1) is 6.61 Å². The Morgan fingerprint density at radius 3 is 1.53 bits per heavy atom. The molecule has 1 aliphatic rings. The number of esters is 2. The van der Waals surface area contributed by atoms with E-state index in [0.717, 1.165) is 16.7 Å². The summed E-state index contributed by atoms with van der Waals surface area (Å²) in [5, 5.41) is 0. The Hall–Kier alpha value is -3.52. The van der Waals surface area contributed by atoms with Crippen LogP contribution in [-0.4, -0.2) is 50.3 Å². The average Bonchev–Trinajstić information content (AvgIpc) is 3.21. The van der Waals surface area contributed by atoms with Gasteiger partial charge >= 0.3 is 11.9 Å². The van der Waals surface area contributed by atoms with E-state index in [-0.39, 0.29) is 6.61 Å². The number of benzene rings is 3. The zero-order chi connectivity index (χ0) is 25.5. The fraction of sp³-hybridized carbons (Fsp3) is 0.310. The Bertz CT molecular complexity index is 1040. The maximum atomic E-state index is 11.9. The third-order valence-corrected chi connectivity index (χ3v) is 6.11. The molecular formula is C29H30O7. The first-order chi connectivity index (χ1) is 17.5. The van der Waals surface area contributed by atoms with Gasteiger partial charge in [-0.1, -0.05) is 91.0 Å². The second kappa shape index (κ2) is 11.5. The van der Waals surface area contributed by atoms with E-state index in [1.165, 1.54) is 21.0 Å². The third kappa shape index (κ3) is 5.33. The summed E-state index contributed by atoms with van der Waals surface area (Å²) in [4.78, 5) is 23.7. The fourth-order valence-corrected chi connectivity index (χ4v) is 4.64. The zero-order valence-corrected chi connectivity index (χ0v) is 20.5. The molecule has 4 rings (SSSR count). The molecule has 0 saturated carbocycles. The summed E-state index contributed by atoms with van der Waals surface area (Å²) in [5.41, 5.74) is 1.77. The van der Waals surface area contributed by atoms with Gasteiger partial charge in [0.15, 0.2) is 18.5 Å². The van der Waals surface area contributed by atoms with Crippen molar-refractivity contribution >= 4 is 11.9 Å². The summed E-state index contributed by atoms with van der Waals surface area (Å²) >= 11 is 0. The lowest BCUT2D eigenvalue weighted by atomic mass is 9.80. The maximum absolute atomic E-state index is 11.9. The molecule has 7 heteroatoms. The van der Waals surface area contributed by atoms with E-state index in [9.17, 15) is 9.59 Å². The molecule has 1 fully saturated rings. The zero-order valence-electron chi connectivity index (χ0n) is 20.5. The fourth-order valence-electron chi connectivity index (χ4n) is 4.64. The lowest BCUT2D eigenvalue weighted by Gasteiger charge is -2.37. The molecule has 0 spiro atoms. The van der Waals surface area contributed by atoms with Crippen molar-refractivity contribution in [3.63, 3.8) is 0 Å². The minimum Gasteiger partial charge on any atom is -0.455 e. The van der Waals surface area contributed by atoms with Crippen LogP contribution in [0.5, 0.6) is 0 Å². The Balaban J connectivity index is 1.76. The van der Waals surface area contributed by atoms with Crippen molar-refractivity contribution in [3.05, 3.63) is 108 Å². The lowest BCUT2D eigenvalue weighted by Crippen LogP contribution is -2.43. The standard InChI is InChI=1S/C29H30O7/c1-20(30)34-26-25(36-28(32-3)27(26)35-21(2)31)19-33-29(22-13-7-4-8-14-22,23-15-9-5-10-16-23)24-17-11-6-12-18-24/h4-18,25-28H,19H2,1-3H3/t25-,26-,27+,28-/m0/s1. The summed E-state index contributed by atoms with van der Waals surface area (Å²) in [5.74, 6) is -1.06. The highest BCUT2D eigenvalue weighted by atomic mass is 16.7. The highest BCUT2D eigenvalue weighted by Crippen LogP contribution is 2.41. The van der Waals surface area contributed by atoms with Gasteiger partial charge in [-0.15, -0.1) is 0 Å². The summed E-state index contributed by atoms with van der Waals surface area (Å²) in [6.45, 7) is 2.60. The molecule has 1 saturated heterocycles. The number of hydrogen-bond acceptors (Lipinski definition) is 7. The van der Waals surface area contributed by atoms with Crippen LogP contribution in [0, 0.1) is 0 Å². The molecule has 0 aromatic heterocycles. The Morgan fingerprint density at radius 2 is 1.14 bits per heavy atom. The molecule has 0 aliphatic carbocycles. The highest BCUT2D eigenvalue weighted by Gasteiger charge is 2.51. The van der Waals surface area contributed by atoms with E-state index < -0.39 is 42.1 Å². The predicted octanol–water partition coefficient (Wildman–Crippen LogP) is 4.23. The normalized spacial score (nSPS) is 21.6. The van der Waals surface area contributed by atoms with E-state index >= 15 is 0 Å². The third-order valence-electron chi connectivity index (χ3n) is 6.11. The van der Waals surface area contributed by atoms with Gasteiger partial charge in [0.25, 0.3) is 0 Å². The van der Waals surface area contributed by atoms with E-state index in [4.69, 9.17) is 23.7 Å². The van der Waals surface area contributed by atoms with Gasteiger partial charge in [-0.2, -0.15) is 0 Å². The van der Waals surface area contributed by atoms with Crippen LogP contribution in [-0.2, 0) is 38.9 Å². The Labute approximate surface area is 210 Å². The minimum absolute atomic E-state index is 0.0221. The van der Waals surface area contributed by atoms with Gasteiger partial charge in [-0.3, -0.25) is 9.59 Å². The second-order valence-corrected chi connectivity index (χ2v) is 8.52. The van der Waals surface area contributed by atoms with Gasteiger partial charge < -0.3 is 23.7 Å². The van der Waals surface area contributed by atoms with Crippen LogP contribution in [0.25, 0.3) is 0 Å². The molecule has 1 aliphatic heterocycles. The van der Waals surface area contributed by atoms with Crippen LogP contribution in [0.15, 0.2) is 91.0 Å². The molecule has 0 unspecified atom stereocenters. The molecule has 3 aromatic rings. The van der Waals surface area contributed by atoms with Crippen molar-refractivity contribution in [1.82, 2.24) is 0 Å². The number of carbonyl (C=O) groups excluding carboxylic acids is 2. The molecule has 7 nitrogen and oxygen atoms in total. The van der Waals surface area contributed by atoms with Crippen LogP contribution >= 0.6 is 0 Å². The Kier molecular flexibility index (Phi) is 8.15. The van der Waals surface area contributed by atoms with Crippen molar-refractivity contribution in [2.24, 2.45) is 0 Å². The summed E-state index contributed by atoms with van der Waals surface area (Å²) in [6.07, 6.45) is -3.49. The molecule has 0 radical (unpaired) electrons. The van der Waals surface area contributed by atoms with Crippen LogP contribution in [0.2, 0.25) is 0 Å². The number of carbonyl (C=O) groups is 2. The second-order valence-electron chi connectivity index (χ2n) is 8.52. The summed E-state index contributed by atoms with van der Waals surface area (Å²) in [6, 6.07) is 29.7. The lowest BCUT2D eigenvalue weighted by molar-refractivity contribution is -0.182. The molecule has 36 heavy (non-hydrogen) atoms. The van der Waals surface area contributed by atoms with Crippen LogP contribution in [0.1, 0.15) is 30.5 Å². The first kappa shape index (κ1) is 25.6. The van der Waals surface area contributed by atoms with Gasteiger partial charge in [0.2, 0.25) is 0 Å². The van der Waals surface area contributed by atoms with Gasteiger partial charge in [0, 0.05) is 21.0 Å². The monoisotopic (exact) mass is 490 g/mol. The van der Waals surface area contributed by atoms with Gasteiger partial charge in [-0.05, 0) is 16.7 Å². The number of methoxy groups -OCH3 is 1. The van der Waals surface area contributed by atoms with Gasteiger partial charge in [-0.25, -0.2) is 0 Å².